The molecule has 0 bridgehead atoms. The lowest BCUT2D eigenvalue weighted by molar-refractivity contribution is 0.350. The fourth-order valence-electron chi connectivity index (χ4n) is 2.80. The van der Waals surface area contributed by atoms with Gasteiger partial charge in [0.25, 0.3) is 0 Å². The molecule has 0 radical (unpaired) electrons. The van der Waals surface area contributed by atoms with Crippen LogP contribution in [0.3, 0.4) is 0 Å². The molecule has 0 fully saturated rings. The maximum Gasteiger partial charge on any atom is 0.243 e. The second-order valence-corrected chi connectivity index (χ2v) is 7.52. The van der Waals surface area contributed by atoms with Gasteiger partial charge in [-0.3, -0.25) is 0 Å². The molecule has 0 saturated heterocycles. The van der Waals surface area contributed by atoms with Crippen molar-refractivity contribution in [2.75, 3.05) is 20.8 Å². The van der Waals surface area contributed by atoms with Crippen molar-refractivity contribution in [1.29, 1.82) is 0 Å². The van der Waals surface area contributed by atoms with Gasteiger partial charge in [0.2, 0.25) is 10.0 Å². The van der Waals surface area contributed by atoms with E-state index in [0.29, 0.717) is 11.8 Å². The number of halogens is 2. The molecule has 0 aliphatic heterocycles. The van der Waals surface area contributed by atoms with Crippen molar-refractivity contribution in [1.82, 2.24) is 9.71 Å². The maximum atomic E-state index is 14.2. The highest BCUT2D eigenvalue weighted by molar-refractivity contribution is 7.89. The Morgan fingerprint density at radius 3 is 2.48 bits per heavy atom. The molecule has 0 spiro atoms. The van der Waals surface area contributed by atoms with Gasteiger partial charge in [-0.05, 0) is 30.2 Å². The molecular formula is C18H18F2N2O4S. The smallest absolute Gasteiger partial charge is 0.243 e. The summed E-state index contributed by atoms with van der Waals surface area (Å²) in [6, 6.07) is 6.35. The summed E-state index contributed by atoms with van der Waals surface area (Å²) < 4.78 is 64.8. The summed E-state index contributed by atoms with van der Waals surface area (Å²) in [5.41, 5.74) is 1.50. The molecule has 0 unspecified atom stereocenters. The minimum absolute atomic E-state index is 0.0135. The van der Waals surface area contributed by atoms with E-state index >= 15 is 0 Å². The van der Waals surface area contributed by atoms with Crippen molar-refractivity contribution in [2.24, 2.45) is 0 Å². The predicted octanol–water partition coefficient (Wildman–Crippen LogP) is 2.98. The summed E-state index contributed by atoms with van der Waals surface area (Å²) in [6.45, 7) is 0.0135. The van der Waals surface area contributed by atoms with Crippen LogP contribution in [0.5, 0.6) is 11.5 Å². The number of aromatic nitrogens is 1. The quantitative estimate of drug-likeness (QED) is 0.643. The highest BCUT2D eigenvalue weighted by Gasteiger charge is 2.22. The molecule has 9 heteroatoms. The van der Waals surface area contributed by atoms with Crippen molar-refractivity contribution in [3.05, 3.63) is 53.7 Å². The third kappa shape index (κ3) is 3.88. The summed E-state index contributed by atoms with van der Waals surface area (Å²) >= 11 is 0. The Balaban J connectivity index is 1.78. The van der Waals surface area contributed by atoms with Gasteiger partial charge in [0, 0.05) is 35.8 Å². The van der Waals surface area contributed by atoms with Crippen LogP contribution in [-0.2, 0) is 16.4 Å². The number of hydrogen-bond acceptors (Lipinski definition) is 4. The van der Waals surface area contributed by atoms with E-state index in [2.05, 4.69) is 9.71 Å². The van der Waals surface area contributed by atoms with Crippen LogP contribution < -0.4 is 14.2 Å². The Hall–Kier alpha value is -2.65. The van der Waals surface area contributed by atoms with Gasteiger partial charge in [0.1, 0.15) is 16.5 Å². The summed E-state index contributed by atoms with van der Waals surface area (Å²) in [5.74, 6) is -1.13. The number of nitrogens with one attached hydrogen (secondary N) is 2. The number of aromatic amines is 1. The van der Waals surface area contributed by atoms with Gasteiger partial charge in [-0.25, -0.2) is 21.9 Å². The van der Waals surface area contributed by atoms with Crippen molar-refractivity contribution in [2.45, 2.75) is 11.3 Å². The molecule has 3 aromatic rings. The normalized spacial score (nSPS) is 11.7. The maximum absolute atomic E-state index is 14.2. The monoisotopic (exact) mass is 396 g/mol. The minimum Gasteiger partial charge on any atom is -0.493 e. The first-order valence-electron chi connectivity index (χ1n) is 8.02. The van der Waals surface area contributed by atoms with E-state index in [9.17, 15) is 17.2 Å². The van der Waals surface area contributed by atoms with Crippen molar-refractivity contribution < 1.29 is 26.7 Å². The zero-order valence-electron chi connectivity index (χ0n) is 14.7. The molecule has 2 N–H and O–H groups in total. The van der Waals surface area contributed by atoms with Crippen molar-refractivity contribution in [3.63, 3.8) is 0 Å². The SMILES string of the molecule is COc1cc(F)c(S(=O)(=O)NCCc2c[nH]c3ccc(F)cc23)cc1OC. The van der Waals surface area contributed by atoms with Gasteiger partial charge in [0.05, 0.1) is 14.2 Å². The second kappa shape index (κ2) is 7.53. The Bertz CT molecular complexity index is 1080. The minimum atomic E-state index is -4.11. The number of benzene rings is 2. The van der Waals surface area contributed by atoms with E-state index < -0.39 is 20.7 Å². The van der Waals surface area contributed by atoms with Crippen molar-refractivity contribution >= 4 is 20.9 Å². The van der Waals surface area contributed by atoms with E-state index in [1.54, 1.807) is 12.3 Å². The van der Waals surface area contributed by atoms with Crippen LogP contribution in [0.25, 0.3) is 10.9 Å². The van der Waals surface area contributed by atoms with Crippen LogP contribution in [0.15, 0.2) is 41.4 Å². The summed E-state index contributed by atoms with van der Waals surface area (Å²) in [6.07, 6.45) is 1.99. The third-order valence-electron chi connectivity index (χ3n) is 4.14. The zero-order chi connectivity index (χ0) is 19.6. The van der Waals surface area contributed by atoms with Gasteiger partial charge in [0.15, 0.2) is 11.5 Å². The average molecular weight is 396 g/mol. The molecule has 6 nitrogen and oxygen atoms in total. The predicted molar refractivity (Wildman–Crippen MR) is 96.7 cm³/mol. The molecular weight excluding hydrogens is 378 g/mol. The van der Waals surface area contributed by atoms with Gasteiger partial charge in [-0.15, -0.1) is 0 Å². The Labute approximate surface area is 155 Å². The second-order valence-electron chi connectivity index (χ2n) is 5.79. The molecule has 1 aromatic heterocycles. The fraction of sp³-hybridized carbons (Fsp3) is 0.222. The first-order valence-corrected chi connectivity index (χ1v) is 9.50. The van der Waals surface area contributed by atoms with Crippen LogP contribution in [-0.4, -0.2) is 34.2 Å². The lowest BCUT2D eigenvalue weighted by Crippen LogP contribution is -2.26. The third-order valence-corrected chi connectivity index (χ3v) is 5.62. The Kier molecular flexibility index (Phi) is 5.33. The molecule has 0 aliphatic carbocycles. The van der Waals surface area contributed by atoms with E-state index in [-0.39, 0.29) is 23.9 Å². The number of methoxy groups -OCH3 is 2. The lowest BCUT2D eigenvalue weighted by atomic mass is 10.1. The van der Waals surface area contributed by atoms with E-state index in [1.807, 2.05) is 0 Å². The Morgan fingerprint density at radius 2 is 1.78 bits per heavy atom. The molecule has 1 heterocycles. The largest absolute Gasteiger partial charge is 0.493 e. The number of sulfonamides is 1. The molecule has 27 heavy (non-hydrogen) atoms. The fourth-order valence-corrected chi connectivity index (χ4v) is 3.90. The summed E-state index contributed by atoms with van der Waals surface area (Å²) in [5, 5.41) is 0.673. The number of hydrogen-bond donors (Lipinski definition) is 2. The standard InChI is InChI=1S/C18H18F2N2O4S/c1-25-16-8-14(20)18(9-17(16)26-2)27(23,24)22-6-5-11-10-21-15-4-3-12(19)7-13(11)15/h3-4,7-10,21-22H,5-6H2,1-2H3. The van der Waals surface area contributed by atoms with E-state index in [4.69, 9.17) is 9.47 Å². The molecule has 0 aliphatic rings. The molecule has 0 amide bonds. The average Bonchev–Trinajstić information content (AvgIpc) is 3.03. The van der Waals surface area contributed by atoms with Crippen LogP contribution in [0.2, 0.25) is 0 Å². The van der Waals surface area contributed by atoms with Gasteiger partial charge >= 0.3 is 0 Å². The van der Waals surface area contributed by atoms with Gasteiger partial charge in [-0.1, -0.05) is 0 Å². The highest BCUT2D eigenvalue weighted by Crippen LogP contribution is 2.31. The van der Waals surface area contributed by atoms with Crippen LogP contribution in [0.4, 0.5) is 8.78 Å². The lowest BCUT2D eigenvalue weighted by Gasteiger charge is -2.12. The number of fused-ring (bicyclic) bond motifs is 1. The van der Waals surface area contributed by atoms with Crippen LogP contribution in [0.1, 0.15) is 5.56 Å². The van der Waals surface area contributed by atoms with E-state index in [0.717, 1.165) is 23.2 Å². The first kappa shape index (κ1) is 19.1. The Morgan fingerprint density at radius 1 is 1.07 bits per heavy atom. The number of rotatable bonds is 7. The number of ether oxygens (including phenoxy) is 2. The number of H-pyrrole nitrogens is 1. The highest BCUT2D eigenvalue weighted by atomic mass is 32.2. The van der Waals surface area contributed by atoms with Gasteiger partial charge in [-0.2, -0.15) is 0 Å². The topological polar surface area (TPSA) is 80.4 Å². The van der Waals surface area contributed by atoms with Crippen LogP contribution >= 0.6 is 0 Å². The van der Waals surface area contributed by atoms with Crippen LogP contribution in [0, 0.1) is 11.6 Å². The van der Waals surface area contributed by atoms with Crippen molar-refractivity contribution in [3.8, 4) is 11.5 Å². The van der Waals surface area contributed by atoms with E-state index in [1.165, 1.54) is 26.4 Å². The summed E-state index contributed by atoms with van der Waals surface area (Å²) in [7, 11) is -1.45. The molecule has 0 saturated carbocycles. The zero-order valence-corrected chi connectivity index (χ0v) is 15.5. The molecule has 144 valence electrons. The molecule has 3 rings (SSSR count). The molecule has 2 aromatic carbocycles. The molecule has 0 atom stereocenters. The first-order chi connectivity index (χ1) is 12.9. The van der Waals surface area contributed by atoms with Gasteiger partial charge < -0.3 is 14.5 Å². The summed E-state index contributed by atoms with van der Waals surface area (Å²) in [4.78, 5) is 2.46.